The summed E-state index contributed by atoms with van der Waals surface area (Å²) in [6, 6.07) is 9.94. The normalized spacial score (nSPS) is 39.7. The van der Waals surface area contributed by atoms with Crippen LogP contribution in [-0.4, -0.2) is 17.9 Å². The van der Waals surface area contributed by atoms with Crippen molar-refractivity contribution in [1.29, 1.82) is 0 Å². The molecule has 5 rings (SSSR count). The molecule has 1 aromatic rings. The molecule has 4 aliphatic rings. The lowest BCUT2D eigenvalue weighted by Crippen LogP contribution is -2.52. The van der Waals surface area contributed by atoms with Crippen LogP contribution in [0, 0.1) is 28.6 Å². The number of ether oxygens (including phenoxy) is 1. The van der Waals surface area contributed by atoms with Crippen LogP contribution >= 0.6 is 11.6 Å². The molecular formula is C28H35ClO3. The Morgan fingerprint density at radius 2 is 1.78 bits per heavy atom. The standard InChI is InChI=1S/C28H35ClO3/c1-17(18-7-5-4-6-8-18)26(31)32-24-12-11-20-19-9-10-22-25(29)23(30)14-16-27(22,2)21(19)13-15-28(20,24)3/h4-8,17,19-21,24H,9-16H2,1-3H3/t17?,19-,20-,21-,24-,27+,28-/m0/s1. The summed E-state index contributed by atoms with van der Waals surface area (Å²) >= 11 is 6.53. The van der Waals surface area contributed by atoms with Gasteiger partial charge in [0.1, 0.15) is 6.10 Å². The minimum Gasteiger partial charge on any atom is -0.461 e. The number of fused-ring (bicyclic) bond motifs is 5. The molecule has 172 valence electrons. The van der Waals surface area contributed by atoms with E-state index in [0.717, 1.165) is 50.5 Å². The Labute approximate surface area is 196 Å². The van der Waals surface area contributed by atoms with Gasteiger partial charge in [-0.2, -0.15) is 0 Å². The van der Waals surface area contributed by atoms with Crippen LogP contribution in [0.1, 0.15) is 83.6 Å². The second kappa shape index (κ2) is 8.01. The molecule has 4 aliphatic carbocycles. The van der Waals surface area contributed by atoms with E-state index in [2.05, 4.69) is 13.8 Å². The molecule has 1 aromatic carbocycles. The van der Waals surface area contributed by atoms with Crippen LogP contribution in [0.4, 0.5) is 0 Å². The highest BCUT2D eigenvalue weighted by Crippen LogP contribution is 2.66. The topological polar surface area (TPSA) is 43.4 Å². The minimum absolute atomic E-state index is 0.00776. The quantitative estimate of drug-likeness (QED) is 0.471. The number of hydrogen-bond acceptors (Lipinski definition) is 3. The molecule has 0 spiro atoms. The summed E-state index contributed by atoms with van der Waals surface area (Å²) in [7, 11) is 0. The van der Waals surface area contributed by atoms with Crippen molar-refractivity contribution < 1.29 is 14.3 Å². The maximum absolute atomic E-state index is 13.0. The first-order valence-electron chi connectivity index (χ1n) is 12.4. The van der Waals surface area contributed by atoms with Gasteiger partial charge in [0.2, 0.25) is 0 Å². The monoisotopic (exact) mass is 454 g/mol. The van der Waals surface area contributed by atoms with Crippen molar-refractivity contribution in [2.45, 2.75) is 84.2 Å². The van der Waals surface area contributed by atoms with E-state index in [1.54, 1.807) is 0 Å². The number of ketones is 1. The van der Waals surface area contributed by atoms with Crippen LogP contribution in [0.25, 0.3) is 0 Å². The zero-order valence-corrected chi connectivity index (χ0v) is 20.3. The highest BCUT2D eigenvalue weighted by atomic mass is 35.5. The molecule has 1 unspecified atom stereocenters. The number of carbonyl (C=O) groups is 2. The average Bonchev–Trinajstić information content (AvgIpc) is 3.13. The maximum atomic E-state index is 13.0. The molecule has 3 nitrogen and oxygen atoms in total. The fraction of sp³-hybridized carbons (Fsp3) is 0.643. The molecule has 0 bridgehead atoms. The van der Waals surface area contributed by atoms with Crippen molar-refractivity contribution in [3.63, 3.8) is 0 Å². The predicted molar refractivity (Wildman–Crippen MR) is 126 cm³/mol. The fourth-order valence-electron chi connectivity index (χ4n) is 7.92. The lowest BCUT2D eigenvalue weighted by atomic mass is 9.47. The van der Waals surface area contributed by atoms with Crippen molar-refractivity contribution in [3.05, 3.63) is 46.5 Å². The van der Waals surface area contributed by atoms with E-state index in [1.165, 1.54) is 5.57 Å². The van der Waals surface area contributed by atoms with Gasteiger partial charge in [0.25, 0.3) is 0 Å². The van der Waals surface area contributed by atoms with Crippen molar-refractivity contribution in [3.8, 4) is 0 Å². The highest BCUT2D eigenvalue weighted by molar-refractivity contribution is 6.43. The smallest absolute Gasteiger partial charge is 0.313 e. The number of rotatable bonds is 3. The molecule has 0 aromatic heterocycles. The third-order valence-electron chi connectivity index (χ3n) is 9.88. The van der Waals surface area contributed by atoms with E-state index >= 15 is 0 Å². The molecule has 0 radical (unpaired) electrons. The van der Waals surface area contributed by atoms with Gasteiger partial charge in [-0.05, 0) is 86.2 Å². The number of hydrogen-bond donors (Lipinski definition) is 0. The Bertz CT molecular complexity index is 953. The van der Waals surface area contributed by atoms with Crippen molar-refractivity contribution in [2.75, 3.05) is 0 Å². The Kier molecular flexibility index (Phi) is 5.55. The molecular weight excluding hydrogens is 420 g/mol. The number of esters is 1. The van der Waals surface area contributed by atoms with Crippen LogP contribution in [0.5, 0.6) is 0 Å². The van der Waals surface area contributed by atoms with E-state index < -0.39 is 0 Å². The van der Waals surface area contributed by atoms with E-state index in [-0.39, 0.29) is 34.6 Å². The largest absolute Gasteiger partial charge is 0.461 e. The van der Waals surface area contributed by atoms with Gasteiger partial charge < -0.3 is 4.74 Å². The molecule has 0 N–H and O–H groups in total. The van der Waals surface area contributed by atoms with Gasteiger partial charge in [0.15, 0.2) is 5.78 Å². The van der Waals surface area contributed by atoms with Gasteiger partial charge in [-0.3, -0.25) is 9.59 Å². The van der Waals surface area contributed by atoms with Gasteiger partial charge in [0, 0.05) is 11.8 Å². The van der Waals surface area contributed by atoms with Crippen molar-refractivity contribution >= 4 is 23.4 Å². The summed E-state index contributed by atoms with van der Waals surface area (Å²) < 4.78 is 6.23. The summed E-state index contributed by atoms with van der Waals surface area (Å²) in [4.78, 5) is 25.3. The molecule has 3 fully saturated rings. The summed E-state index contributed by atoms with van der Waals surface area (Å²) in [5, 5.41) is 0.540. The van der Waals surface area contributed by atoms with E-state index in [9.17, 15) is 9.59 Å². The van der Waals surface area contributed by atoms with Crippen molar-refractivity contribution in [1.82, 2.24) is 0 Å². The van der Waals surface area contributed by atoms with Crippen LogP contribution in [0.15, 0.2) is 40.9 Å². The van der Waals surface area contributed by atoms with E-state index in [1.807, 2.05) is 37.3 Å². The second-order valence-corrected chi connectivity index (χ2v) is 11.6. The number of Topliss-reactive ketones (excluding diaryl/α,β-unsaturated/α-hetero) is 1. The predicted octanol–water partition coefficient (Wildman–Crippen LogP) is 6.80. The lowest BCUT2D eigenvalue weighted by Gasteiger charge is -2.58. The fourth-order valence-corrected chi connectivity index (χ4v) is 8.32. The Morgan fingerprint density at radius 3 is 2.53 bits per heavy atom. The number of halogens is 1. The molecule has 7 atom stereocenters. The van der Waals surface area contributed by atoms with Gasteiger partial charge in [0.05, 0.1) is 11.0 Å². The summed E-state index contributed by atoms with van der Waals surface area (Å²) in [6.45, 7) is 6.69. The molecule has 0 amide bonds. The zero-order chi connectivity index (χ0) is 22.7. The minimum atomic E-state index is -0.238. The van der Waals surface area contributed by atoms with Gasteiger partial charge in [-0.25, -0.2) is 0 Å². The number of benzene rings is 1. The van der Waals surface area contributed by atoms with Gasteiger partial charge in [-0.15, -0.1) is 0 Å². The van der Waals surface area contributed by atoms with Crippen LogP contribution in [-0.2, 0) is 14.3 Å². The zero-order valence-electron chi connectivity index (χ0n) is 19.5. The first-order valence-corrected chi connectivity index (χ1v) is 12.8. The molecule has 0 aliphatic heterocycles. The highest BCUT2D eigenvalue weighted by Gasteiger charge is 2.60. The summed E-state index contributed by atoms with van der Waals surface area (Å²) in [6.07, 6.45) is 7.92. The van der Waals surface area contributed by atoms with Crippen LogP contribution in [0.3, 0.4) is 0 Å². The Balaban J connectivity index is 1.34. The first-order chi connectivity index (χ1) is 15.3. The summed E-state index contributed by atoms with van der Waals surface area (Å²) in [5.41, 5.74) is 2.37. The van der Waals surface area contributed by atoms with Crippen molar-refractivity contribution in [2.24, 2.45) is 28.6 Å². The van der Waals surface area contributed by atoms with Crippen LogP contribution in [0.2, 0.25) is 0 Å². The van der Waals surface area contributed by atoms with E-state index in [4.69, 9.17) is 16.3 Å². The van der Waals surface area contributed by atoms with Crippen LogP contribution < -0.4 is 0 Å². The number of carbonyl (C=O) groups excluding carboxylic acids is 2. The number of allylic oxidation sites excluding steroid dienone is 1. The molecule has 4 heteroatoms. The lowest BCUT2D eigenvalue weighted by molar-refractivity contribution is -0.161. The summed E-state index contributed by atoms with van der Waals surface area (Å²) in [5.74, 6) is 1.61. The van der Waals surface area contributed by atoms with Gasteiger partial charge >= 0.3 is 5.97 Å². The first kappa shape index (κ1) is 22.2. The Morgan fingerprint density at radius 1 is 1.03 bits per heavy atom. The SMILES string of the molecule is CC(C(=O)O[C@H]1CC[C@H]2[C@@H]3CCC4=C(Cl)C(=O)CC[C@]4(C)[C@H]3CC[C@]12C)c1ccccc1. The molecule has 0 heterocycles. The average molecular weight is 455 g/mol. The maximum Gasteiger partial charge on any atom is 0.313 e. The van der Waals surface area contributed by atoms with E-state index in [0.29, 0.717) is 29.2 Å². The molecule has 3 saturated carbocycles. The second-order valence-electron chi connectivity index (χ2n) is 11.2. The third-order valence-corrected chi connectivity index (χ3v) is 10.3. The third kappa shape index (κ3) is 3.30. The molecule has 0 saturated heterocycles. The molecule has 32 heavy (non-hydrogen) atoms. The van der Waals surface area contributed by atoms with Gasteiger partial charge in [-0.1, -0.05) is 55.8 Å². The Hall–Kier alpha value is -1.61.